The summed E-state index contributed by atoms with van der Waals surface area (Å²) in [5.41, 5.74) is 1.01. The third kappa shape index (κ3) is 3.38. The minimum atomic E-state index is 0.0530. The van der Waals surface area contributed by atoms with Crippen molar-refractivity contribution < 1.29 is 0 Å². The largest absolute Gasteiger partial charge is 0.122 e. The van der Waals surface area contributed by atoms with E-state index < -0.39 is 0 Å². The molecule has 0 saturated heterocycles. The normalized spacial score (nSPS) is 12.9. The number of hydrogen-bond acceptors (Lipinski definition) is 0. The monoisotopic (exact) mass is 235 g/mol. The van der Waals surface area contributed by atoms with Crippen molar-refractivity contribution in [3.05, 3.63) is 40.2 Å². The molecule has 3 heteroatoms. The number of halogens is 3. The van der Waals surface area contributed by atoms with Crippen LogP contribution in [0, 0.1) is 6.42 Å². The molecule has 1 aromatic rings. The highest BCUT2D eigenvalue weighted by Gasteiger charge is 2.05. The van der Waals surface area contributed by atoms with Crippen LogP contribution >= 0.6 is 34.8 Å². The van der Waals surface area contributed by atoms with Crippen molar-refractivity contribution in [2.75, 3.05) is 0 Å². The summed E-state index contributed by atoms with van der Waals surface area (Å²) < 4.78 is 0. The van der Waals surface area contributed by atoms with E-state index >= 15 is 0 Å². The molecule has 71 valence electrons. The van der Waals surface area contributed by atoms with E-state index in [2.05, 4.69) is 0 Å². The Labute approximate surface area is 93.8 Å². The van der Waals surface area contributed by atoms with Gasteiger partial charge in [-0.3, -0.25) is 0 Å². The highest BCUT2D eigenvalue weighted by molar-refractivity contribution is 6.42. The van der Waals surface area contributed by atoms with Crippen molar-refractivity contribution in [2.24, 2.45) is 0 Å². The van der Waals surface area contributed by atoms with Crippen molar-refractivity contribution in [1.29, 1.82) is 0 Å². The first-order chi connectivity index (χ1) is 6.13. The molecular weight excluding hydrogens is 226 g/mol. The predicted molar refractivity (Wildman–Crippen MR) is 59.8 cm³/mol. The second-order valence-corrected chi connectivity index (χ2v) is 4.14. The fraction of sp³-hybridized carbons (Fsp3) is 0.300. The SMILES string of the molecule is CCC(Cl)[CH]c1ccc(Cl)c(Cl)c1. The Morgan fingerprint density at radius 1 is 1.31 bits per heavy atom. The summed E-state index contributed by atoms with van der Waals surface area (Å²) in [6.45, 7) is 2.03. The number of rotatable bonds is 3. The van der Waals surface area contributed by atoms with Crippen LogP contribution in [0.5, 0.6) is 0 Å². The molecule has 1 aromatic carbocycles. The highest BCUT2D eigenvalue weighted by Crippen LogP contribution is 2.24. The minimum absolute atomic E-state index is 0.0530. The molecule has 0 N–H and O–H groups in total. The van der Waals surface area contributed by atoms with Gasteiger partial charge in [0.25, 0.3) is 0 Å². The molecule has 1 unspecified atom stereocenters. The van der Waals surface area contributed by atoms with Crippen molar-refractivity contribution in [3.63, 3.8) is 0 Å². The van der Waals surface area contributed by atoms with E-state index in [1.165, 1.54) is 0 Å². The summed E-state index contributed by atoms with van der Waals surface area (Å²) in [6.07, 6.45) is 2.87. The molecule has 0 amide bonds. The third-order valence-electron chi connectivity index (χ3n) is 1.71. The zero-order valence-electron chi connectivity index (χ0n) is 7.23. The lowest BCUT2D eigenvalue weighted by molar-refractivity contribution is 0.922. The molecule has 13 heavy (non-hydrogen) atoms. The van der Waals surface area contributed by atoms with Gasteiger partial charge in [0.2, 0.25) is 0 Å². The Morgan fingerprint density at radius 3 is 2.54 bits per heavy atom. The molecule has 1 atom stereocenters. The fourth-order valence-electron chi connectivity index (χ4n) is 0.943. The van der Waals surface area contributed by atoms with E-state index in [-0.39, 0.29) is 5.38 Å². The molecule has 0 aliphatic heterocycles. The first-order valence-electron chi connectivity index (χ1n) is 4.07. The topological polar surface area (TPSA) is 0 Å². The van der Waals surface area contributed by atoms with Crippen LogP contribution in [0.25, 0.3) is 0 Å². The number of alkyl halides is 1. The van der Waals surface area contributed by atoms with E-state index in [1.54, 1.807) is 6.07 Å². The van der Waals surface area contributed by atoms with Crippen molar-refractivity contribution >= 4 is 34.8 Å². The van der Waals surface area contributed by atoms with Crippen molar-refractivity contribution in [1.82, 2.24) is 0 Å². The maximum absolute atomic E-state index is 5.96. The van der Waals surface area contributed by atoms with Crippen LogP contribution < -0.4 is 0 Å². The van der Waals surface area contributed by atoms with Gasteiger partial charge in [-0.25, -0.2) is 0 Å². The first kappa shape index (κ1) is 11.2. The molecule has 0 aliphatic carbocycles. The maximum atomic E-state index is 5.96. The van der Waals surface area contributed by atoms with Gasteiger partial charge in [-0.2, -0.15) is 0 Å². The Bertz CT molecular complexity index is 283. The van der Waals surface area contributed by atoms with Crippen LogP contribution in [0.15, 0.2) is 18.2 Å². The average Bonchev–Trinajstić information content (AvgIpc) is 2.11. The van der Waals surface area contributed by atoms with Gasteiger partial charge >= 0.3 is 0 Å². The molecule has 0 fully saturated rings. The molecule has 1 rings (SSSR count). The van der Waals surface area contributed by atoms with E-state index in [9.17, 15) is 0 Å². The minimum Gasteiger partial charge on any atom is -0.122 e. The molecule has 0 heterocycles. The Kier molecular flexibility index (Phi) is 4.37. The van der Waals surface area contributed by atoms with Crippen LogP contribution in [0.4, 0.5) is 0 Å². The van der Waals surface area contributed by atoms with Crippen molar-refractivity contribution in [2.45, 2.75) is 18.7 Å². The Balaban J connectivity index is 2.73. The average molecular weight is 237 g/mol. The van der Waals surface area contributed by atoms with Crippen LogP contribution in [0.2, 0.25) is 10.0 Å². The summed E-state index contributed by atoms with van der Waals surface area (Å²) in [5, 5.41) is 1.19. The fourth-order valence-corrected chi connectivity index (χ4v) is 1.39. The summed E-state index contributed by atoms with van der Waals surface area (Å²) >= 11 is 17.6. The molecule has 0 spiro atoms. The third-order valence-corrected chi connectivity index (χ3v) is 2.88. The van der Waals surface area contributed by atoms with Gasteiger partial charge in [0.1, 0.15) is 0 Å². The standard InChI is InChI=1S/C10H10Cl3/c1-2-8(11)5-7-3-4-9(12)10(13)6-7/h3-6,8H,2H2,1H3. The quantitative estimate of drug-likeness (QED) is 0.675. The lowest BCUT2D eigenvalue weighted by Crippen LogP contribution is -1.97. The maximum Gasteiger partial charge on any atom is 0.0595 e. The van der Waals surface area contributed by atoms with Crippen LogP contribution in [0.1, 0.15) is 18.9 Å². The molecule has 0 aromatic heterocycles. The van der Waals surface area contributed by atoms with Crippen LogP contribution in [-0.2, 0) is 0 Å². The molecule has 0 bridgehead atoms. The highest BCUT2D eigenvalue weighted by atomic mass is 35.5. The molecule has 1 radical (unpaired) electrons. The van der Waals surface area contributed by atoms with E-state index in [0.29, 0.717) is 10.0 Å². The number of benzene rings is 1. The summed E-state index contributed by atoms with van der Waals surface area (Å²) in [5.74, 6) is 0. The second kappa shape index (κ2) is 5.09. The molecule has 0 aliphatic rings. The van der Waals surface area contributed by atoms with Gasteiger partial charge in [0.05, 0.1) is 10.0 Å². The van der Waals surface area contributed by atoms with Gasteiger partial charge in [-0.05, 0) is 24.1 Å². The van der Waals surface area contributed by atoms with E-state index in [1.807, 2.05) is 25.5 Å². The van der Waals surface area contributed by atoms with Gasteiger partial charge in [-0.1, -0.05) is 36.2 Å². The molecule has 0 saturated carbocycles. The lowest BCUT2D eigenvalue weighted by Gasteiger charge is -2.06. The Morgan fingerprint density at radius 2 is 2.00 bits per heavy atom. The van der Waals surface area contributed by atoms with Gasteiger partial charge in [-0.15, -0.1) is 11.6 Å². The van der Waals surface area contributed by atoms with Crippen LogP contribution in [-0.4, -0.2) is 5.38 Å². The van der Waals surface area contributed by atoms with E-state index in [4.69, 9.17) is 34.8 Å². The summed E-state index contributed by atoms with van der Waals surface area (Å²) in [4.78, 5) is 0. The number of hydrogen-bond donors (Lipinski definition) is 0. The lowest BCUT2D eigenvalue weighted by atomic mass is 10.1. The van der Waals surface area contributed by atoms with Gasteiger partial charge in [0.15, 0.2) is 0 Å². The van der Waals surface area contributed by atoms with Gasteiger partial charge < -0.3 is 0 Å². The predicted octanol–water partition coefficient (Wildman–Crippen LogP) is 4.56. The second-order valence-electron chi connectivity index (χ2n) is 2.76. The molecule has 0 nitrogen and oxygen atoms in total. The molecular formula is C10H10Cl3. The zero-order valence-corrected chi connectivity index (χ0v) is 9.50. The van der Waals surface area contributed by atoms with Crippen molar-refractivity contribution in [3.8, 4) is 0 Å². The summed E-state index contributed by atoms with van der Waals surface area (Å²) in [7, 11) is 0. The zero-order chi connectivity index (χ0) is 9.84. The smallest absolute Gasteiger partial charge is 0.0595 e. The van der Waals surface area contributed by atoms with Crippen LogP contribution in [0.3, 0.4) is 0 Å². The van der Waals surface area contributed by atoms with E-state index in [0.717, 1.165) is 12.0 Å². The van der Waals surface area contributed by atoms with Gasteiger partial charge in [0, 0.05) is 11.8 Å². The Hall–Kier alpha value is 0.0900. The first-order valence-corrected chi connectivity index (χ1v) is 5.26. The summed E-state index contributed by atoms with van der Waals surface area (Å²) in [6, 6.07) is 5.49.